The van der Waals surface area contributed by atoms with Gasteiger partial charge in [0.05, 0.1) is 26.1 Å². The minimum Gasteiger partial charge on any atom is -0.870 e. The number of nitrogens with zero attached hydrogens (tertiary/aromatic N) is 1. The monoisotopic (exact) mass is 299 g/mol. The number of rotatable bonds is 0. The molecule has 116 valence electrons. The number of ether oxygens (including phenoxy) is 1. The first-order chi connectivity index (χ1) is 10.4. The van der Waals surface area contributed by atoms with Crippen LogP contribution >= 0.6 is 0 Å². The van der Waals surface area contributed by atoms with Crippen molar-refractivity contribution in [3.05, 3.63) is 35.4 Å². The van der Waals surface area contributed by atoms with Crippen LogP contribution in [0.4, 0.5) is 0 Å². The predicted octanol–water partition coefficient (Wildman–Crippen LogP) is 0.711. The molecule has 2 unspecified atom stereocenters. The van der Waals surface area contributed by atoms with Gasteiger partial charge in [0.2, 0.25) is 0 Å². The molecule has 4 aliphatic rings. The van der Waals surface area contributed by atoms with Crippen LogP contribution in [0.25, 0.3) is 0 Å². The van der Waals surface area contributed by atoms with E-state index in [1.54, 1.807) is 6.07 Å². The molecule has 2 heterocycles. The van der Waals surface area contributed by atoms with Gasteiger partial charge in [-0.15, -0.1) is 0 Å². The zero-order chi connectivity index (χ0) is 15.3. The summed E-state index contributed by atoms with van der Waals surface area (Å²) >= 11 is 0. The topological polar surface area (TPSA) is 52.5 Å². The summed E-state index contributed by atoms with van der Waals surface area (Å²) < 4.78 is 7.06. The second kappa shape index (κ2) is 3.69. The third kappa shape index (κ3) is 1.24. The first-order valence-corrected chi connectivity index (χ1v) is 8.14. The maximum atomic E-state index is 12.3. The Morgan fingerprint density at radius 3 is 2.95 bits per heavy atom. The number of piperidine rings is 1. The number of likely N-dealkylation sites (N-methyl/N-ethyl adjacent to an activating group) is 1. The minimum absolute atomic E-state index is 0.0359. The van der Waals surface area contributed by atoms with E-state index in [2.05, 4.69) is 20.2 Å². The molecule has 4 nitrogen and oxygen atoms in total. The lowest BCUT2D eigenvalue weighted by Gasteiger charge is -2.58. The van der Waals surface area contributed by atoms with Gasteiger partial charge in [-0.1, -0.05) is 30.0 Å². The fraction of sp³-hybridized carbons (Fsp3) is 0.556. The molecule has 1 aromatic carbocycles. The zero-order valence-electron chi connectivity index (χ0n) is 13.0. The van der Waals surface area contributed by atoms with Crippen molar-refractivity contribution in [2.45, 2.75) is 36.5 Å². The highest BCUT2D eigenvalue weighted by Crippen LogP contribution is 2.62. The highest BCUT2D eigenvalue weighted by atomic mass is 16.5. The number of hydrogen-bond donors (Lipinski definition) is 1. The number of hydrogen-bond acceptors (Lipinski definition) is 3. The highest BCUT2D eigenvalue weighted by molar-refractivity contribution is 5.61. The Morgan fingerprint density at radius 2 is 2.14 bits per heavy atom. The lowest BCUT2D eigenvalue weighted by atomic mass is 9.53. The Labute approximate surface area is 130 Å². The first kappa shape index (κ1) is 13.0. The second-order valence-corrected chi connectivity index (χ2v) is 7.93. The largest absolute Gasteiger partial charge is 0.870 e. The Hall–Kier alpha value is -1.52. The van der Waals surface area contributed by atoms with Gasteiger partial charge in [-0.25, -0.2) is 0 Å². The van der Waals surface area contributed by atoms with Gasteiger partial charge < -0.3 is 19.4 Å². The zero-order valence-corrected chi connectivity index (χ0v) is 13.0. The van der Waals surface area contributed by atoms with Gasteiger partial charge in [-0.05, 0) is 5.56 Å². The van der Waals surface area contributed by atoms with E-state index in [9.17, 15) is 10.2 Å². The summed E-state index contributed by atoms with van der Waals surface area (Å²) in [7, 11) is 4.60. The predicted molar refractivity (Wildman–Crippen MR) is 79.7 cm³/mol. The number of likely N-dealkylation sites (tertiary alicyclic amines) is 1. The molecule has 0 amide bonds. The van der Waals surface area contributed by atoms with Crippen LogP contribution in [0, 0.1) is 5.92 Å². The number of aliphatic hydroxyl groups excluding tert-OH is 1. The molecule has 1 fully saturated rings. The van der Waals surface area contributed by atoms with Crippen molar-refractivity contribution in [1.29, 1.82) is 0 Å². The summed E-state index contributed by atoms with van der Waals surface area (Å²) in [5, 5.41) is 22.8. The maximum absolute atomic E-state index is 12.3. The van der Waals surface area contributed by atoms with Crippen LogP contribution in [0.5, 0.6) is 11.5 Å². The van der Waals surface area contributed by atoms with Gasteiger partial charge in [0.25, 0.3) is 0 Å². The van der Waals surface area contributed by atoms with E-state index < -0.39 is 6.10 Å². The van der Waals surface area contributed by atoms with Crippen molar-refractivity contribution >= 4 is 0 Å². The average Bonchev–Trinajstić information content (AvgIpc) is 2.84. The molecule has 1 spiro atoms. The number of aliphatic hydroxyl groups is 1. The fourth-order valence-electron chi connectivity index (χ4n) is 5.59. The number of benzene rings is 1. The third-order valence-corrected chi connectivity index (χ3v) is 6.69. The lowest BCUT2D eigenvalue weighted by Crippen LogP contribution is -2.70. The lowest BCUT2D eigenvalue weighted by molar-refractivity contribution is -0.926. The molecule has 0 saturated carbocycles. The van der Waals surface area contributed by atoms with Crippen molar-refractivity contribution in [2.24, 2.45) is 5.92 Å². The van der Waals surface area contributed by atoms with Gasteiger partial charge in [0, 0.05) is 24.3 Å². The quantitative estimate of drug-likeness (QED) is 0.567. The molecule has 22 heavy (non-hydrogen) atoms. The summed E-state index contributed by atoms with van der Waals surface area (Å²) in [4.78, 5) is 0. The van der Waals surface area contributed by atoms with Gasteiger partial charge in [-0.3, -0.25) is 0 Å². The van der Waals surface area contributed by atoms with Crippen LogP contribution < -0.4 is 9.84 Å². The molecule has 0 radical (unpaired) electrons. The van der Waals surface area contributed by atoms with E-state index in [4.69, 9.17) is 4.74 Å². The summed E-state index contributed by atoms with van der Waals surface area (Å²) in [6.45, 7) is 1.06. The van der Waals surface area contributed by atoms with Gasteiger partial charge in [-0.2, -0.15) is 0 Å². The summed E-state index contributed by atoms with van der Waals surface area (Å²) in [5.74, 6) is 0.826. The fourth-order valence-corrected chi connectivity index (χ4v) is 5.59. The van der Waals surface area contributed by atoms with Crippen LogP contribution in [0.15, 0.2) is 24.3 Å². The van der Waals surface area contributed by atoms with Crippen LogP contribution in [0.2, 0.25) is 0 Å². The molecule has 0 aromatic heterocycles. The van der Waals surface area contributed by atoms with Crippen molar-refractivity contribution in [1.82, 2.24) is 0 Å². The molecule has 4 heteroatoms. The standard InChI is InChI=1S/C18H21NO3/c1-19(2)8-7-18-11-4-6-14(21)17(18)22-16-13(20)5-3-10(15(16)18)9-12(11)19/h3-6,11-12,14,17,21H,7-9H2,1-2H3/t11-,12+,14?,17?,18-/m0/s1. The van der Waals surface area contributed by atoms with Crippen molar-refractivity contribution < 1.29 is 19.4 Å². The molecule has 5 atom stereocenters. The normalized spacial score (nSPS) is 42.7. The Kier molecular flexibility index (Phi) is 2.17. The van der Waals surface area contributed by atoms with Gasteiger partial charge in [0.1, 0.15) is 24.0 Å². The molecule has 2 aliphatic carbocycles. The van der Waals surface area contributed by atoms with E-state index >= 15 is 0 Å². The molecular weight excluding hydrogens is 278 g/mol. The maximum Gasteiger partial charge on any atom is 0.139 e. The Morgan fingerprint density at radius 1 is 1.32 bits per heavy atom. The third-order valence-electron chi connectivity index (χ3n) is 6.69. The average molecular weight is 299 g/mol. The van der Waals surface area contributed by atoms with Crippen molar-refractivity contribution in [3.63, 3.8) is 0 Å². The van der Waals surface area contributed by atoms with Crippen molar-refractivity contribution in [3.8, 4) is 11.5 Å². The van der Waals surface area contributed by atoms with Gasteiger partial charge in [0.15, 0.2) is 0 Å². The van der Waals surface area contributed by atoms with Crippen LogP contribution in [0.3, 0.4) is 0 Å². The van der Waals surface area contributed by atoms with Crippen molar-refractivity contribution in [2.75, 3.05) is 20.6 Å². The SMILES string of the molecule is C[N+]1(C)CC[C@]23c4c5ccc([O-])c4OC2C(O)C=C[C@H]3[C@H]1C5. The minimum atomic E-state index is -0.622. The van der Waals surface area contributed by atoms with E-state index in [1.165, 1.54) is 5.56 Å². The summed E-state index contributed by atoms with van der Waals surface area (Å²) in [5.41, 5.74) is 2.18. The molecular formula is C18H21NO3. The molecule has 1 N–H and O–H groups in total. The second-order valence-electron chi connectivity index (χ2n) is 7.93. The molecule has 2 bridgehead atoms. The summed E-state index contributed by atoms with van der Waals surface area (Å²) in [6, 6.07) is 4.12. The Balaban J connectivity index is 1.84. The first-order valence-electron chi connectivity index (χ1n) is 8.14. The summed E-state index contributed by atoms with van der Waals surface area (Å²) in [6.07, 6.45) is 5.12. The smallest absolute Gasteiger partial charge is 0.139 e. The van der Waals surface area contributed by atoms with E-state index in [0.717, 1.165) is 29.4 Å². The molecule has 1 saturated heterocycles. The van der Waals surface area contributed by atoms with Crippen LogP contribution in [-0.2, 0) is 11.8 Å². The Bertz CT molecular complexity index is 711. The van der Waals surface area contributed by atoms with E-state index in [0.29, 0.717) is 17.7 Å². The molecule has 1 aromatic rings. The van der Waals surface area contributed by atoms with Crippen LogP contribution in [0.1, 0.15) is 17.5 Å². The van der Waals surface area contributed by atoms with E-state index in [-0.39, 0.29) is 17.3 Å². The molecule has 5 rings (SSSR count). The number of quaternary nitrogens is 1. The van der Waals surface area contributed by atoms with Gasteiger partial charge >= 0.3 is 0 Å². The van der Waals surface area contributed by atoms with Crippen LogP contribution in [-0.4, -0.2) is 48.5 Å². The highest BCUT2D eigenvalue weighted by Gasteiger charge is 2.66. The van der Waals surface area contributed by atoms with E-state index in [1.807, 2.05) is 12.1 Å². The molecule has 2 aliphatic heterocycles.